The number of hydrogen-bond acceptors (Lipinski definition) is 4. The number of aromatic nitrogens is 1. The predicted octanol–water partition coefficient (Wildman–Crippen LogP) is 3.38. The number of halogens is 1. The van der Waals surface area contributed by atoms with E-state index in [9.17, 15) is 9.18 Å². The van der Waals surface area contributed by atoms with Gasteiger partial charge in [-0.15, -0.1) is 0 Å². The summed E-state index contributed by atoms with van der Waals surface area (Å²) in [6.07, 6.45) is 1.89. The number of carbonyl (C=O) groups excluding carboxylic acids is 1. The van der Waals surface area contributed by atoms with Crippen molar-refractivity contribution in [3.05, 3.63) is 53.8 Å². The average molecular weight is 343 g/mol. The van der Waals surface area contributed by atoms with Crippen molar-refractivity contribution in [2.45, 2.75) is 38.3 Å². The quantitative estimate of drug-likeness (QED) is 0.893. The lowest BCUT2D eigenvalue weighted by atomic mass is 9.91. The van der Waals surface area contributed by atoms with Crippen LogP contribution in [0.1, 0.15) is 37.0 Å². The molecule has 0 radical (unpaired) electrons. The molecule has 0 bridgehead atoms. The van der Waals surface area contributed by atoms with Crippen molar-refractivity contribution < 1.29 is 13.9 Å². The van der Waals surface area contributed by atoms with Gasteiger partial charge in [-0.2, -0.15) is 4.98 Å². The normalized spacial score (nSPS) is 19.2. The van der Waals surface area contributed by atoms with Gasteiger partial charge in [-0.3, -0.25) is 4.79 Å². The summed E-state index contributed by atoms with van der Waals surface area (Å²) in [6.45, 7) is 5.20. The topological polar surface area (TPSA) is 63.2 Å². The second kappa shape index (κ2) is 7.19. The van der Waals surface area contributed by atoms with Gasteiger partial charge in [0, 0.05) is 23.6 Å². The fourth-order valence-electron chi connectivity index (χ4n) is 2.93. The Morgan fingerprint density at radius 1 is 1.28 bits per heavy atom. The second-order valence-corrected chi connectivity index (χ2v) is 6.87. The van der Waals surface area contributed by atoms with E-state index in [1.165, 1.54) is 24.3 Å². The first-order valence-electron chi connectivity index (χ1n) is 8.37. The molecule has 2 N–H and O–H groups in total. The van der Waals surface area contributed by atoms with Crippen molar-refractivity contribution in [3.8, 4) is 5.88 Å². The zero-order chi connectivity index (χ0) is 17.9. The van der Waals surface area contributed by atoms with Gasteiger partial charge in [0.1, 0.15) is 17.7 Å². The molecule has 1 amide bonds. The molecule has 6 heteroatoms. The van der Waals surface area contributed by atoms with Gasteiger partial charge in [0.25, 0.3) is 5.91 Å². The van der Waals surface area contributed by atoms with Crippen molar-refractivity contribution in [2.24, 2.45) is 0 Å². The number of nitrogens with one attached hydrogen (secondary N) is 2. The molecule has 3 rings (SSSR count). The van der Waals surface area contributed by atoms with Gasteiger partial charge < -0.3 is 15.4 Å². The Labute approximate surface area is 146 Å². The predicted molar refractivity (Wildman–Crippen MR) is 94.3 cm³/mol. The number of carbonyl (C=O) groups is 1. The van der Waals surface area contributed by atoms with E-state index in [-0.39, 0.29) is 23.4 Å². The van der Waals surface area contributed by atoms with Crippen LogP contribution in [-0.4, -0.2) is 29.1 Å². The average Bonchev–Trinajstić information content (AvgIpc) is 2.55. The molecule has 0 saturated carbocycles. The van der Waals surface area contributed by atoms with Crippen LogP contribution < -0.4 is 15.4 Å². The summed E-state index contributed by atoms with van der Waals surface area (Å²) in [5.74, 6) is 0.169. The fraction of sp³-hybridized carbons (Fsp3) is 0.368. The number of anilines is 1. The summed E-state index contributed by atoms with van der Waals surface area (Å²) in [5, 5.41) is 6.16. The highest BCUT2D eigenvalue weighted by Gasteiger charge is 2.28. The van der Waals surface area contributed by atoms with Crippen molar-refractivity contribution in [2.75, 3.05) is 11.9 Å². The molecule has 1 saturated heterocycles. The number of hydrogen-bond donors (Lipinski definition) is 2. The largest absolute Gasteiger partial charge is 0.474 e. The number of amides is 1. The Morgan fingerprint density at radius 2 is 2.04 bits per heavy atom. The second-order valence-electron chi connectivity index (χ2n) is 6.87. The summed E-state index contributed by atoms with van der Waals surface area (Å²) >= 11 is 0. The summed E-state index contributed by atoms with van der Waals surface area (Å²) in [7, 11) is 0. The minimum atomic E-state index is -0.380. The van der Waals surface area contributed by atoms with Crippen molar-refractivity contribution in [1.82, 2.24) is 10.3 Å². The van der Waals surface area contributed by atoms with Gasteiger partial charge in [-0.05, 0) is 57.1 Å². The molecule has 1 aromatic heterocycles. The molecule has 1 unspecified atom stereocenters. The van der Waals surface area contributed by atoms with Crippen LogP contribution in [0.15, 0.2) is 42.5 Å². The lowest BCUT2D eigenvalue weighted by molar-refractivity contribution is 0.102. The molecule has 1 fully saturated rings. The van der Waals surface area contributed by atoms with Crippen molar-refractivity contribution >= 4 is 11.7 Å². The molecule has 1 aliphatic rings. The van der Waals surface area contributed by atoms with Crippen molar-refractivity contribution in [3.63, 3.8) is 0 Å². The van der Waals surface area contributed by atoms with Gasteiger partial charge in [-0.25, -0.2) is 4.39 Å². The van der Waals surface area contributed by atoms with Crippen molar-refractivity contribution in [1.29, 1.82) is 0 Å². The molecule has 1 aliphatic heterocycles. The third-order valence-corrected chi connectivity index (χ3v) is 4.17. The first-order chi connectivity index (χ1) is 11.9. The molecule has 25 heavy (non-hydrogen) atoms. The number of benzene rings is 1. The molecule has 2 heterocycles. The Kier molecular flexibility index (Phi) is 4.99. The molecule has 1 atom stereocenters. The van der Waals surface area contributed by atoms with E-state index in [1.54, 1.807) is 18.2 Å². The van der Waals surface area contributed by atoms with Gasteiger partial charge in [0.05, 0.1) is 0 Å². The summed E-state index contributed by atoms with van der Waals surface area (Å²) in [5.41, 5.74) is 0.409. The Bertz CT molecular complexity index is 747. The number of nitrogens with zero attached hydrogens (tertiary/aromatic N) is 1. The fourth-order valence-corrected chi connectivity index (χ4v) is 2.93. The Morgan fingerprint density at radius 3 is 2.76 bits per heavy atom. The Balaban J connectivity index is 1.65. The highest BCUT2D eigenvalue weighted by atomic mass is 19.1. The summed E-state index contributed by atoms with van der Waals surface area (Å²) in [4.78, 5) is 16.5. The van der Waals surface area contributed by atoms with Crippen LogP contribution in [0.3, 0.4) is 0 Å². The van der Waals surface area contributed by atoms with Crippen LogP contribution in [0.25, 0.3) is 0 Å². The number of pyridine rings is 1. The zero-order valence-corrected chi connectivity index (χ0v) is 14.4. The van der Waals surface area contributed by atoms with E-state index in [0.717, 1.165) is 19.4 Å². The van der Waals surface area contributed by atoms with Gasteiger partial charge in [0.15, 0.2) is 0 Å². The number of piperidine rings is 1. The van der Waals surface area contributed by atoms with Crippen LogP contribution in [-0.2, 0) is 0 Å². The maximum Gasteiger partial charge on any atom is 0.256 e. The molecule has 2 aromatic rings. The lowest BCUT2D eigenvalue weighted by Crippen LogP contribution is -2.49. The van der Waals surface area contributed by atoms with Crippen LogP contribution in [0.2, 0.25) is 0 Å². The highest BCUT2D eigenvalue weighted by Crippen LogP contribution is 2.23. The molecule has 0 aliphatic carbocycles. The highest BCUT2D eigenvalue weighted by molar-refractivity contribution is 6.03. The van der Waals surface area contributed by atoms with Crippen LogP contribution in [0.4, 0.5) is 10.2 Å². The molecular weight excluding hydrogens is 321 g/mol. The Hall–Kier alpha value is -2.47. The van der Waals surface area contributed by atoms with E-state index in [0.29, 0.717) is 17.3 Å². The van der Waals surface area contributed by atoms with E-state index in [2.05, 4.69) is 29.5 Å². The van der Waals surface area contributed by atoms with E-state index in [1.807, 2.05) is 0 Å². The van der Waals surface area contributed by atoms with Crippen LogP contribution in [0, 0.1) is 5.82 Å². The molecular formula is C19H22FN3O2. The van der Waals surface area contributed by atoms with E-state index < -0.39 is 0 Å². The van der Waals surface area contributed by atoms with Crippen LogP contribution in [0.5, 0.6) is 5.88 Å². The minimum absolute atomic E-state index is 0.0390. The number of ether oxygens (including phenoxy) is 1. The maximum atomic E-state index is 12.9. The van der Waals surface area contributed by atoms with E-state index >= 15 is 0 Å². The third kappa shape index (κ3) is 4.76. The molecule has 5 nitrogen and oxygen atoms in total. The van der Waals surface area contributed by atoms with Gasteiger partial charge in [0.2, 0.25) is 5.88 Å². The van der Waals surface area contributed by atoms with E-state index in [4.69, 9.17) is 4.74 Å². The molecule has 0 spiro atoms. The monoisotopic (exact) mass is 343 g/mol. The molecule has 132 valence electrons. The van der Waals surface area contributed by atoms with Gasteiger partial charge in [-0.1, -0.05) is 6.07 Å². The first-order valence-corrected chi connectivity index (χ1v) is 8.37. The smallest absolute Gasteiger partial charge is 0.256 e. The third-order valence-electron chi connectivity index (χ3n) is 4.17. The first kappa shape index (κ1) is 17.4. The zero-order valence-electron chi connectivity index (χ0n) is 14.4. The summed E-state index contributed by atoms with van der Waals surface area (Å²) in [6, 6.07) is 10.6. The standard InChI is InChI=1S/C19H22FN3O2/c1-19(2)12-15(10-11-21-19)25-17-5-3-4-16(22-17)23-18(24)13-6-8-14(20)9-7-13/h3-9,15,21H,10-12H2,1-2H3,(H,22,23,24). The summed E-state index contributed by atoms with van der Waals surface area (Å²) < 4.78 is 18.9. The SMILES string of the molecule is CC1(C)CC(Oc2cccc(NC(=O)c3ccc(F)cc3)n2)CCN1. The minimum Gasteiger partial charge on any atom is -0.474 e. The number of rotatable bonds is 4. The lowest BCUT2D eigenvalue weighted by Gasteiger charge is -2.36. The van der Waals surface area contributed by atoms with Crippen LogP contribution >= 0.6 is 0 Å². The molecule has 1 aromatic carbocycles. The van der Waals surface area contributed by atoms with Gasteiger partial charge >= 0.3 is 0 Å². The maximum absolute atomic E-state index is 12.9.